The lowest BCUT2D eigenvalue weighted by molar-refractivity contribution is 0.102. The molecule has 3 N–H and O–H groups in total. The maximum Gasteiger partial charge on any atom is 0.257 e. The predicted molar refractivity (Wildman–Crippen MR) is 73.0 cm³/mol. The summed E-state index contributed by atoms with van der Waals surface area (Å²) in [5.41, 5.74) is 5.89. The Bertz CT molecular complexity index is 629. The monoisotopic (exact) mass is 299 g/mol. The molecular weight excluding hydrogens is 292 g/mol. The van der Waals surface area contributed by atoms with Crippen molar-refractivity contribution in [2.45, 2.75) is 0 Å². The van der Waals surface area contributed by atoms with Crippen molar-refractivity contribution in [1.82, 2.24) is 4.98 Å². The zero-order chi connectivity index (χ0) is 14.0. The molecule has 0 aliphatic rings. The number of pyridine rings is 1. The first kappa shape index (κ1) is 13.6. The van der Waals surface area contributed by atoms with Crippen LogP contribution in [0.15, 0.2) is 30.5 Å². The highest BCUT2D eigenvalue weighted by molar-refractivity contribution is 6.33. The van der Waals surface area contributed by atoms with Gasteiger partial charge in [0.05, 0.1) is 10.6 Å². The predicted octanol–water partition coefficient (Wildman–Crippen LogP) is 3.36. The number of halogens is 3. The molecule has 0 bridgehead atoms. The molecule has 0 unspecified atom stereocenters. The molecule has 1 aromatic carbocycles. The van der Waals surface area contributed by atoms with E-state index < -0.39 is 11.7 Å². The number of aromatic nitrogens is 1. The summed E-state index contributed by atoms with van der Waals surface area (Å²) in [7, 11) is 0. The lowest BCUT2D eigenvalue weighted by Crippen LogP contribution is -2.12. The van der Waals surface area contributed by atoms with Crippen LogP contribution >= 0.6 is 23.2 Å². The Kier molecular flexibility index (Phi) is 3.87. The van der Waals surface area contributed by atoms with Crippen molar-refractivity contribution in [2.24, 2.45) is 0 Å². The number of amides is 1. The van der Waals surface area contributed by atoms with Crippen LogP contribution in [0.1, 0.15) is 10.4 Å². The van der Waals surface area contributed by atoms with Crippen molar-refractivity contribution >= 4 is 40.6 Å². The molecule has 0 fully saturated rings. The quantitative estimate of drug-likeness (QED) is 0.893. The van der Waals surface area contributed by atoms with Crippen LogP contribution in [-0.2, 0) is 0 Å². The zero-order valence-electron chi connectivity index (χ0n) is 9.45. The second-order valence-electron chi connectivity index (χ2n) is 3.70. The van der Waals surface area contributed by atoms with E-state index >= 15 is 0 Å². The minimum Gasteiger partial charge on any atom is -0.382 e. The molecular formula is C12H8Cl2FN3O. The molecule has 7 heteroatoms. The fourth-order valence-corrected chi connectivity index (χ4v) is 1.79. The number of nitrogens with one attached hydrogen (secondary N) is 1. The maximum absolute atomic E-state index is 13.1. The van der Waals surface area contributed by atoms with Gasteiger partial charge in [0.2, 0.25) is 0 Å². The maximum atomic E-state index is 13.1. The van der Waals surface area contributed by atoms with Crippen LogP contribution in [0.4, 0.5) is 15.9 Å². The topological polar surface area (TPSA) is 68.0 Å². The summed E-state index contributed by atoms with van der Waals surface area (Å²) in [5, 5.41) is 2.84. The second kappa shape index (κ2) is 5.42. The van der Waals surface area contributed by atoms with Gasteiger partial charge in [0, 0.05) is 16.9 Å². The molecule has 0 radical (unpaired) electrons. The minimum absolute atomic E-state index is 0.131. The van der Waals surface area contributed by atoms with E-state index in [1.165, 1.54) is 18.3 Å². The molecule has 98 valence electrons. The Morgan fingerprint density at radius 2 is 2.00 bits per heavy atom. The largest absolute Gasteiger partial charge is 0.382 e. The molecule has 0 spiro atoms. The number of rotatable bonds is 2. The van der Waals surface area contributed by atoms with Crippen LogP contribution in [0.25, 0.3) is 0 Å². The van der Waals surface area contributed by atoms with Gasteiger partial charge in [-0.15, -0.1) is 0 Å². The first-order chi connectivity index (χ1) is 8.95. The van der Waals surface area contributed by atoms with Gasteiger partial charge in [-0.2, -0.15) is 0 Å². The van der Waals surface area contributed by atoms with Gasteiger partial charge in [-0.3, -0.25) is 4.79 Å². The molecule has 2 aromatic rings. The summed E-state index contributed by atoms with van der Waals surface area (Å²) < 4.78 is 13.1. The summed E-state index contributed by atoms with van der Waals surface area (Å²) in [6.07, 6.45) is 1.28. The van der Waals surface area contributed by atoms with Crippen LogP contribution < -0.4 is 11.1 Å². The number of hydrogen-bond acceptors (Lipinski definition) is 3. The van der Waals surface area contributed by atoms with E-state index in [4.69, 9.17) is 28.9 Å². The molecule has 1 aromatic heterocycles. The highest BCUT2D eigenvalue weighted by Gasteiger charge is 2.10. The fourth-order valence-electron chi connectivity index (χ4n) is 1.40. The van der Waals surface area contributed by atoms with E-state index in [0.717, 1.165) is 12.1 Å². The van der Waals surface area contributed by atoms with Crippen molar-refractivity contribution in [1.29, 1.82) is 0 Å². The number of benzene rings is 1. The number of nitrogen functional groups attached to an aromatic ring is 1. The number of nitrogens with two attached hydrogens (primary N) is 1. The van der Waals surface area contributed by atoms with Gasteiger partial charge >= 0.3 is 0 Å². The van der Waals surface area contributed by atoms with E-state index in [1.54, 1.807) is 0 Å². The third-order valence-corrected chi connectivity index (χ3v) is 2.77. The molecule has 2 rings (SSSR count). The van der Waals surface area contributed by atoms with Crippen LogP contribution in [0.3, 0.4) is 0 Å². The standard InChI is InChI=1S/C12H8Cl2FN3O/c13-7-2-8(15)4-9(3-7)18-12(19)6-1-10(14)11(16)17-5-6/h1-5H,(H2,16,17)(H,18,19). The van der Waals surface area contributed by atoms with Gasteiger partial charge in [0.1, 0.15) is 11.6 Å². The van der Waals surface area contributed by atoms with E-state index in [9.17, 15) is 9.18 Å². The summed E-state index contributed by atoms with van der Waals surface area (Å²) in [4.78, 5) is 15.6. The number of hydrogen-bond donors (Lipinski definition) is 2. The highest BCUT2D eigenvalue weighted by atomic mass is 35.5. The lowest BCUT2D eigenvalue weighted by atomic mass is 10.2. The Labute approximate surface area is 118 Å². The summed E-state index contributed by atoms with van der Waals surface area (Å²) in [6.45, 7) is 0. The van der Waals surface area contributed by atoms with Gasteiger partial charge in [0.25, 0.3) is 5.91 Å². The third-order valence-electron chi connectivity index (χ3n) is 2.25. The number of carbonyl (C=O) groups is 1. The molecule has 0 aliphatic heterocycles. The van der Waals surface area contributed by atoms with Crippen LogP contribution in [0.5, 0.6) is 0 Å². The molecule has 4 nitrogen and oxygen atoms in total. The number of nitrogens with zero attached hydrogens (tertiary/aromatic N) is 1. The van der Waals surface area contributed by atoms with Crippen molar-refractivity contribution < 1.29 is 9.18 Å². The van der Waals surface area contributed by atoms with Crippen molar-refractivity contribution in [3.8, 4) is 0 Å². The van der Waals surface area contributed by atoms with Crippen molar-refractivity contribution in [3.63, 3.8) is 0 Å². The summed E-state index contributed by atoms with van der Waals surface area (Å²) in [6, 6.07) is 5.09. The smallest absolute Gasteiger partial charge is 0.257 e. The summed E-state index contributed by atoms with van der Waals surface area (Å²) in [5.74, 6) is -0.903. The highest BCUT2D eigenvalue weighted by Crippen LogP contribution is 2.20. The molecule has 0 saturated heterocycles. The van der Waals surface area contributed by atoms with E-state index in [-0.39, 0.29) is 27.1 Å². The van der Waals surface area contributed by atoms with Gasteiger partial charge in [0.15, 0.2) is 0 Å². The van der Waals surface area contributed by atoms with Gasteiger partial charge in [-0.05, 0) is 24.3 Å². The van der Waals surface area contributed by atoms with Gasteiger partial charge in [-0.1, -0.05) is 23.2 Å². The molecule has 0 saturated carbocycles. The lowest BCUT2D eigenvalue weighted by Gasteiger charge is -2.06. The zero-order valence-corrected chi connectivity index (χ0v) is 11.0. The molecule has 0 atom stereocenters. The Morgan fingerprint density at radius 3 is 2.63 bits per heavy atom. The first-order valence-electron chi connectivity index (χ1n) is 5.14. The molecule has 0 aliphatic carbocycles. The van der Waals surface area contributed by atoms with Crippen molar-refractivity contribution in [2.75, 3.05) is 11.1 Å². The van der Waals surface area contributed by atoms with Crippen molar-refractivity contribution in [3.05, 3.63) is 51.9 Å². The average molecular weight is 300 g/mol. The van der Waals surface area contributed by atoms with Gasteiger partial charge < -0.3 is 11.1 Å². The SMILES string of the molecule is Nc1ncc(C(=O)Nc2cc(F)cc(Cl)c2)cc1Cl. The minimum atomic E-state index is -0.545. The normalized spacial score (nSPS) is 10.3. The Hall–Kier alpha value is -1.85. The molecule has 1 heterocycles. The second-order valence-corrected chi connectivity index (χ2v) is 4.55. The fraction of sp³-hybridized carbons (Fsp3) is 0. The number of anilines is 2. The summed E-state index contributed by atoms with van der Waals surface area (Å²) >= 11 is 11.4. The Balaban J connectivity index is 2.22. The van der Waals surface area contributed by atoms with E-state index in [2.05, 4.69) is 10.3 Å². The average Bonchev–Trinajstić information content (AvgIpc) is 2.31. The van der Waals surface area contributed by atoms with Crippen LogP contribution in [-0.4, -0.2) is 10.9 Å². The van der Waals surface area contributed by atoms with Gasteiger partial charge in [-0.25, -0.2) is 9.37 Å². The van der Waals surface area contributed by atoms with E-state index in [0.29, 0.717) is 0 Å². The number of carbonyl (C=O) groups excluding carboxylic acids is 1. The Morgan fingerprint density at radius 1 is 1.26 bits per heavy atom. The third kappa shape index (κ3) is 3.33. The van der Waals surface area contributed by atoms with Crippen LogP contribution in [0, 0.1) is 5.82 Å². The molecule has 1 amide bonds. The first-order valence-corrected chi connectivity index (χ1v) is 5.90. The molecule has 19 heavy (non-hydrogen) atoms. The van der Waals surface area contributed by atoms with Crippen LogP contribution in [0.2, 0.25) is 10.0 Å². The van der Waals surface area contributed by atoms with E-state index in [1.807, 2.05) is 0 Å².